The molecule has 128 valence electrons. The summed E-state index contributed by atoms with van der Waals surface area (Å²) in [5.41, 5.74) is 5.25. The number of hydrogen-bond acceptors (Lipinski definition) is 3. The van der Waals surface area contributed by atoms with Crippen molar-refractivity contribution >= 4 is 11.9 Å². The Morgan fingerprint density at radius 3 is 2.42 bits per heavy atom. The highest BCUT2D eigenvalue weighted by Gasteiger charge is 2.29. The number of aryl methyl sites for hydroxylation is 1. The van der Waals surface area contributed by atoms with Gasteiger partial charge >= 0.3 is 6.09 Å². The van der Waals surface area contributed by atoms with Gasteiger partial charge in [-0.05, 0) is 22.3 Å². The van der Waals surface area contributed by atoms with Crippen LogP contribution in [-0.4, -0.2) is 22.5 Å². The Labute approximate surface area is 151 Å². The van der Waals surface area contributed by atoms with Crippen LogP contribution in [0.3, 0.4) is 0 Å². The number of fused-ring (bicyclic) bond motifs is 3. The lowest BCUT2D eigenvalue weighted by Crippen LogP contribution is -2.19. The van der Waals surface area contributed by atoms with Crippen LogP contribution in [0.4, 0.5) is 10.6 Å². The molecule has 26 heavy (non-hydrogen) atoms. The van der Waals surface area contributed by atoms with E-state index in [0.717, 1.165) is 0 Å². The molecule has 1 aliphatic rings. The van der Waals surface area contributed by atoms with E-state index in [1.54, 1.807) is 7.05 Å². The fraction of sp³-hybridized carbons (Fsp3) is 0.143. The second kappa shape index (κ2) is 6.41. The standard InChI is InChI=1S/C21H17N3O2/c1-3-14-12-22-24(2)20(14)23-21(25)26-13-19-17-10-6-4-8-15(17)16-9-5-7-11-18(16)19/h1,4-12,19H,13H2,2H3,(H,23,25). The highest BCUT2D eigenvalue weighted by atomic mass is 16.5. The molecule has 0 radical (unpaired) electrons. The van der Waals surface area contributed by atoms with Crippen LogP contribution in [0.25, 0.3) is 11.1 Å². The third-order valence-electron chi connectivity index (χ3n) is 4.66. The first kappa shape index (κ1) is 16.0. The van der Waals surface area contributed by atoms with E-state index in [0.29, 0.717) is 11.4 Å². The topological polar surface area (TPSA) is 56.2 Å². The molecule has 1 amide bonds. The van der Waals surface area contributed by atoms with E-state index >= 15 is 0 Å². The number of carbonyl (C=O) groups excluding carboxylic acids is 1. The van der Waals surface area contributed by atoms with Gasteiger partial charge in [0.1, 0.15) is 12.4 Å². The lowest BCUT2D eigenvalue weighted by atomic mass is 9.98. The normalized spacial score (nSPS) is 12.2. The van der Waals surface area contributed by atoms with Crippen molar-refractivity contribution in [3.63, 3.8) is 0 Å². The van der Waals surface area contributed by atoms with Gasteiger partial charge in [0.25, 0.3) is 0 Å². The van der Waals surface area contributed by atoms with E-state index in [-0.39, 0.29) is 12.5 Å². The van der Waals surface area contributed by atoms with E-state index in [1.165, 1.54) is 33.1 Å². The Balaban J connectivity index is 1.52. The molecule has 3 aromatic rings. The van der Waals surface area contributed by atoms with Crippen molar-refractivity contribution in [1.29, 1.82) is 0 Å². The minimum atomic E-state index is -0.549. The van der Waals surface area contributed by atoms with Gasteiger partial charge in [0.15, 0.2) is 0 Å². The summed E-state index contributed by atoms with van der Waals surface area (Å²) in [6.07, 6.45) is 6.40. The van der Waals surface area contributed by atoms with E-state index in [4.69, 9.17) is 11.2 Å². The van der Waals surface area contributed by atoms with Gasteiger partial charge in [0.05, 0.1) is 11.8 Å². The summed E-state index contributed by atoms with van der Waals surface area (Å²) in [5, 5.41) is 6.72. The zero-order valence-electron chi connectivity index (χ0n) is 14.3. The Hall–Kier alpha value is -3.52. The van der Waals surface area contributed by atoms with Gasteiger partial charge in [-0.2, -0.15) is 5.10 Å². The number of aromatic nitrogens is 2. The van der Waals surface area contributed by atoms with E-state index < -0.39 is 6.09 Å². The molecule has 5 nitrogen and oxygen atoms in total. The van der Waals surface area contributed by atoms with Crippen LogP contribution in [0.15, 0.2) is 54.7 Å². The Morgan fingerprint density at radius 2 is 1.81 bits per heavy atom. The number of nitrogens with zero attached hydrogens (tertiary/aromatic N) is 2. The fourth-order valence-corrected chi connectivity index (χ4v) is 3.42. The average Bonchev–Trinajstić information content (AvgIpc) is 3.18. The Bertz CT molecular complexity index is 984. The smallest absolute Gasteiger partial charge is 0.412 e. The molecule has 0 unspecified atom stereocenters. The summed E-state index contributed by atoms with van der Waals surface area (Å²) in [5.74, 6) is 2.96. The molecule has 1 aromatic heterocycles. The van der Waals surface area contributed by atoms with Crippen LogP contribution >= 0.6 is 0 Å². The zero-order valence-corrected chi connectivity index (χ0v) is 14.3. The van der Waals surface area contributed by atoms with Crippen LogP contribution in [-0.2, 0) is 11.8 Å². The third kappa shape index (κ3) is 2.62. The van der Waals surface area contributed by atoms with E-state index in [2.05, 4.69) is 40.6 Å². The van der Waals surface area contributed by atoms with Crippen LogP contribution in [0.5, 0.6) is 0 Å². The number of ether oxygens (including phenoxy) is 1. The van der Waals surface area contributed by atoms with Gasteiger partial charge in [-0.25, -0.2) is 4.79 Å². The Morgan fingerprint density at radius 1 is 1.19 bits per heavy atom. The summed E-state index contributed by atoms with van der Waals surface area (Å²) in [4.78, 5) is 12.3. The number of nitrogens with one attached hydrogen (secondary N) is 1. The van der Waals surface area contributed by atoms with Crippen LogP contribution in [0.1, 0.15) is 22.6 Å². The largest absolute Gasteiger partial charge is 0.448 e. The minimum absolute atomic E-state index is 0.0202. The number of carbonyl (C=O) groups is 1. The van der Waals surface area contributed by atoms with Gasteiger partial charge in [-0.15, -0.1) is 6.42 Å². The minimum Gasteiger partial charge on any atom is -0.448 e. The fourth-order valence-electron chi connectivity index (χ4n) is 3.42. The lowest BCUT2D eigenvalue weighted by Gasteiger charge is -2.14. The van der Waals surface area contributed by atoms with Crippen molar-refractivity contribution in [2.24, 2.45) is 7.05 Å². The van der Waals surface area contributed by atoms with Crippen molar-refractivity contribution in [2.45, 2.75) is 5.92 Å². The highest BCUT2D eigenvalue weighted by molar-refractivity contribution is 5.85. The number of hydrogen-bond donors (Lipinski definition) is 1. The number of amides is 1. The van der Waals surface area contributed by atoms with Gasteiger partial charge < -0.3 is 4.74 Å². The first-order valence-electron chi connectivity index (χ1n) is 8.29. The maximum Gasteiger partial charge on any atom is 0.412 e. The Kier molecular flexibility index (Phi) is 3.94. The zero-order chi connectivity index (χ0) is 18.1. The van der Waals surface area contributed by atoms with Gasteiger partial charge in [-0.1, -0.05) is 54.5 Å². The van der Waals surface area contributed by atoms with Crippen molar-refractivity contribution in [3.8, 4) is 23.5 Å². The van der Waals surface area contributed by atoms with E-state index in [1.807, 2.05) is 24.3 Å². The first-order chi connectivity index (χ1) is 12.7. The lowest BCUT2D eigenvalue weighted by molar-refractivity contribution is 0.158. The molecule has 1 heterocycles. The van der Waals surface area contributed by atoms with Crippen molar-refractivity contribution < 1.29 is 9.53 Å². The quantitative estimate of drug-likeness (QED) is 0.737. The summed E-state index contributed by atoms with van der Waals surface area (Å²) in [6, 6.07) is 16.4. The molecule has 0 atom stereocenters. The highest BCUT2D eigenvalue weighted by Crippen LogP contribution is 2.44. The van der Waals surface area contributed by atoms with Crippen molar-refractivity contribution in [2.75, 3.05) is 11.9 Å². The molecular weight excluding hydrogens is 326 g/mol. The van der Waals surface area contributed by atoms with Gasteiger partial charge in [-0.3, -0.25) is 10.00 Å². The summed E-state index contributed by atoms with van der Waals surface area (Å²) in [6.45, 7) is 0.253. The average molecular weight is 343 g/mol. The molecule has 1 N–H and O–H groups in total. The molecule has 4 rings (SSSR count). The maximum atomic E-state index is 12.3. The SMILES string of the molecule is C#Cc1cnn(C)c1NC(=O)OCC1c2ccccc2-c2ccccc21. The second-order valence-corrected chi connectivity index (χ2v) is 6.13. The number of anilines is 1. The number of rotatable bonds is 3. The van der Waals surface area contributed by atoms with Crippen LogP contribution < -0.4 is 5.32 Å². The summed E-state index contributed by atoms with van der Waals surface area (Å²) < 4.78 is 7.02. The van der Waals surface area contributed by atoms with Crippen LogP contribution in [0.2, 0.25) is 0 Å². The number of benzene rings is 2. The molecule has 0 fully saturated rings. The molecule has 1 aliphatic carbocycles. The molecule has 0 spiro atoms. The molecule has 5 heteroatoms. The van der Waals surface area contributed by atoms with Crippen molar-refractivity contribution in [3.05, 3.63) is 71.4 Å². The third-order valence-corrected chi connectivity index (χ3v) is 4.66. The van der Waals surface area contributed by atoms with E-state index in [9.17, 15) is 4.79 Å². The maximum absolute atomic E-state index is 12.3. The first-order valence-corrected chi connectivity index (χ1v) is 8.29. The molecule has 0 saturated carbocycles. The summed E-state index contributed by atoms with van der Waals surface area (Å²) >= 11 is 0. The summed E-state index contributed by atoms with van der Waals surface area (Å²) in [7, 11) is 1.71. The molecule has 0 bridgehead atoms. The number of terminal acetylenes is 1. The predicted molar refractivity (Wildman–Crippen MR) is 99.8 cm³/mol. The molecule has 0 aliphatic heterocycles. The van der Waals surface area contributed by atoms with Crippen LogP contribution in [0, 0.1) is 12.3 Å². The molecule has 0 saturated heterocycles. The predicted octanol–water partition coefficient (Wildman–Crippen LogP) is 3.76. The van der Waals surface area contributed by atoms with Crippen molar-refractivity contribution in [1.82, 2.24) is 9.78 Å². The molecule has 2 aromatic carbocycles. The van der Waals surface area contributed by atoms with Gasteiger partial charge in [0, 0.05) is 13.0 Å². The molecular formula is C21H17N3O2. The monoisotopic (exact) mass is 343 g/mol. The van der Waals surface area contributed by atoms with Gasteiger partial charge in [0.2, 0.25) is 0 Å². The second-order valence-electron chi connectivity index (χ2n) is 6.13.